The number of ether oxygens (including phenoxy) is 7. The lowest BCUT2D eigenvalue weighted by atomic mass is 9.98. The van der Waals surface area contributed by atoms with Crippen molar-refractivity contribution in [3.8, 4) is 11.5 Å². The Hall–Kier alpha value is -4.65. The molecular formula is C28H30O13. The SMILES string of the molecule is CC(=O)OC[C@H]1O[C@@H](Oc2ccc(C(=O)OCc3ccccc3)cc2O)[C@@H](OC(C)=O)[C@@H](OC(C)=O)[C@H]1OC(C)=O. The zero-order valence-corrected chi connectivity index (χ0v) is 22.8. The number of phenolic OH excluding ortho intramolecular Hbond substituents is 1. The van der Waals surface area contributed by atoms with Crippen LogP contribution in [-0.4, -0.2) is 72.3 Å². The maximum atomic E-state index is 12.5. The van der Waals surface area contributed by atoms with Gasteiger partial charge in [-0.25, -0.2) is 4.79 Å². The highest BCUT2D eigenvalue weighted by atomic mass is 16.7. The van der Waals surface area contributed by atoms with Crippen LogP contribution in [0.4, 0.5) is 0 Å². The number of benzene rings is 2. The maximum Gasteiger partial charge on any atom is 0.338 e. The van der Waals surface area contributed by atoms with Crippen LogP contribution in [0.5, 0.6) is 11.5 Å². The van der Waals surface area contributed by atoms with Gasteiger partial charge in [0, 0.05) is 27.7 Å². The Balaban J connectivity index is 1.87. The van der Waals surface area contributed by atoms with Crippen molar-refractivity contribution in [3.05, 3.63) is 59.7 Å². The van der Waals surface area contributed by atoms with E-state index in [1.54, 1.807) is 24.3 Å². The molecule has 0 unspecified atom stereocenters. The van der Waals surface area contributed by atoms with Crippen LogP contribution in [0.3, 0.4) is 0 Å². The smallest absolute Gasteiger partial charge is 0.338 e. The molecule has 0 aromatic heterocycles. The minimum Gasteiger partial charge on any atom is -0.504 e. The molecule has 220 valence electrons. The number of carbonyl (C=O) groups excluding carboxylic acids is 5. The van der Waals surface area contributed by atoms with E-state index in [0.29, 0.717) is 0 Å². The van der Waals surface area contributed by atoms with Crippen molar-refractivity contribution in [1.29, 1.82) is 0 Å². The molecule has 13 heteroatoms. The van der Waals surface area contributed by atoms with Gasteiger partial charge in [0.05, 0.1) is 5.56 Å². The number of hydrogen-bond acceptors (Lipinski definition) is 13. The number of hydrogen-bond donors (Lipinski definition) is 1. The second-order valence-electron chi connectivity index (χ2n) is 8.93. The van der Waals surface area contributed by atoms with Crippen LogP contribution >= 0.6 is 0 Å². The molecular weight excluding hydrogens is 544 g/mol. The second-order valence-corrected chi connectivity index (χ2v) is 8.93. The second kappa shape index (κ2) is 14.1. The summed E-state index contributed by atoms with van der Waals surface area (Å²) in [4.78, 5) is 59.7. The molecule has 2 aromatic rings. The van der Waals surface area contributed by atoms with Crippen molar-refractivity contribution >= 4 is 29.8 Å². The highest BCUT2D eigenvalue weighted by molar-refractivity contribution is 5.90. The summed E-state index contributed by atoms with van der Waals surface area (Å²) in [5.74, 6) is -4.48. The van der Waals surface area contributed by atoms with Gasteiger partial charge in [0.2, 0.25) is 12.4 Å². The summed E-state index contributed by atoms with van der Waals surface area (Å²) < 4.78 is 37.9. The third-order valence-corrected chi connectivity index (χ3v) is 5.60. The van der Waals surface area contributed by atoms with Crippen LogP contribution in [0.15, 0.2) is 48.5 Å². The average molecular weight is 575 g/mol. The summed E-state index contributed by atoms with van der Waals surface area (Å²) in [6.45, 7) is 3.98. The maximum absolute atomic E-state index is 12.5. The van der Waals surface area contributed by atoms with Crippen molar-refractivity contribution in [2.45, 2.75) is 65.0 Å². The molecule has 1 fully saturated rings. The first kappa shape index (κ1) is 30.9. The highest BCUT2D eigenvalue weighted by Gasteiger charge is 2.53. The van der Waals surface area contributed by atoms with Gasteiger partial charge in [0.1, 0.15) is 19.3 Å². The summed E-state index contributed by atoms with van der Waals surface area (Å²) in [7, 11) is 0. The first-order chi connectivity index (χ1) is 19.4. The highest BCUT2D eigenvalue weighted by Crippen LogP contribution is 2.34. The summed E-state index contributed by atoms with van der Waals surface area (Å²) in [6, 6.07) is 12.7. The van der Waals surface area contributed by atoms with Crippen molar-refractivity contribution in [2.24, 2.45) is 0 Å². The van der Waals surface area contributed by atoms with Gasteiger partial charge in [-0.15, -0.1) is 0 Å². The summed E-state index contributed by atoms with van der Waals surface area (Å²) in [6.07, 6.45) is -7.11. The van der Waals surface area contributed by atoms with Gasteiger partial charge >= 0.3 is 29.8 Å². The van der Waals surface area contributed by atoms with E-state index in [4.69, 9.17) is 33.2 Å². The number of carbonyl (C=O) groups is 5. The minimum absolute atomic E-state index is 0.0173. The van der Waals surface area contributed by atoms with E-state index in [0.717, 1.165) is 39.3 Å². The Morgan fingerprint density at radius 1 is 0.756 bits per heavy atom. The fourth-order valence-corrected chi connectivity index (χ4v) is 3.96. The number of phenols is 1. The quantitative estimate of drug-likeness (QED) is 0.324. The lowest BCUT2D eigenvalue weighted by Gasteiger charge is -2.43. The molecule has 3 rings (SSSR count). The zero-order chi connectivity index (χ0) is 30.1. The first-order valence-corrected chi connectivity index (χ1v) is 12.5. The Bertz CT molecular complexity index is 1260. The first-order valence-electron chi connectivity index (χ1n) is 12.5. The molecule has 1 heterocycles. The summed E-state index contributed by atoms with van der Waals surface area (Å²) in [5.41, 5.74) is 0.793. The molecule has 1 aliphatic rings. The van der Waals surface area contributed by atoms with Gasteiger partial charge in [-0.3, -0.25) is 19.2 Å². The van der Waals surface area contributed by atoms with Gasteiger partial charge < -0.3 is 38.3 Å². The molecule has 0 saturated carbocycles. The summed E-state index contributed by atoms with van der Waals surface area (Å²) in [5, 5.41) is 10.6. The van der Waals surface area contributed by atoms with Crippen molar-refractivity contribution in [3.63, 3.8) is 0 Å². The molecule has 1 saturated heterocycles. The van der Waals surface area contributed by atoms with Gasteiger partial charge in [-0.1, -0.05) is 30.3 Å². The van der Waals surface area contributed by atoms with E-state index in [9.17, 15) is 29.1 Å². The van der Waals surface area contributed by atoms with Crippen molar-refractivity contribution < 1.29 is 62.2 Å². The third kappa shape index (κ3) is 8.93. The molecule has 0 spiro atoms. The normalized spacial score (nSPS) is 21.6. The molecule has 0 bridgehead atoms. The van der Waals surface area contributed by atoms with Gasteiger partial charge in [0.25, 0.3) is 0 Å². The van der Waals surface area contributed by atoms with Gasteiger partial charge in [0.15, 0.2) is 23.7 Å². The van der Waals surface area contributed by atoms with Crippen molar-refractivity contribution in [2.75, 3.05) is 6.61 Å². The number of rotatable bonds is 10. The molecule has 1 N–H and O–H groups in total. The number of esters is 5. The Kier molecular flexibility index (Phi) is 10.6. The minimum atomic E-state index is -1.56. The van der Waals surface area contributed by atoms with Crippen LogP contribution in [-0.2, 0) is 54.2 Å². The Morgan fingerprint density at radius 3 is 1.95 bits per heavy atom. The predicted molar refractivity (Wildman–Crippen MR) is 136 cm³/mol. The molecule has 0 amide bonds. The lowest BCUT2D eigenvalue weighted by Crippen LogP contribution is -2.63. The molecule has 5 atom stereocenters. The fraction of sp³-hybridized carbons (Fsp3) is 0.393. The zero-order valence-electron chi connectivity index (χ0n) is 22.8. The van der Waals surface area contributed by atoms with Crippen LogP contribution in [0.2, 0.25) is 0 Å². The van der Waals surface area contributed by atoms with E-state index in [2.05, 4.69) is 0 Å². The number of aromatic hydroxyl groups is 1. The van der Waals surface area contributed by atoms with Crippen LogP contribution in [0, 0.1) is 0 Å². The average Bonchev–Trinajstić information content (AvgIpc) is 2.90. The molecule has 13 nitrogen and oxygen atoms in total. The topological polar surface area (TPSA) is 170 Å². The monoisotopic (exact) mass is 574 g/mol. The van der Waals surface area contributed by atoms with E-state index in [1.165, 1.54) is 12.1 Å². The molecule has 1 aliphatic heterocycles. The van der Waals surface area contributed by atoms with E-state index in [-0.39, 0.29) is 17.9 Å². The largest absolute Gasteiger partial charge is 0.504 e. The predicted octanol–water partition coefficient (Wildman–Crippen LogP) is 2.21. The summed E-state index contributed by atoms with van der Waals surface area (Å²) >= 11 is 0. The van der Waals surface area contributed by atoms with Crippen LogP contribution < -0.4 is 4.74 Å². The van der Waals surface area contributed by atoms with Gasteiger partial charge in [-0.05, 0) is 23.8 Å². The molecule has 41 heavy (non-hydrogen) atoms. The van der Waals surface area contributed by atoms with E-state index in [1.807, 2.05) is 6.07 Å². The van der Waals surface area contributed by atoms with E-state index >= 15 is 0 Å². The standard InChI is InChI=1S/C28H30O13/c1-15(29)35-14-23-24(37-16(2)30)25(38-17(3)31)26(39-18(4)32)28(41-23)40-22-11-10-20(12-21(22)33)27(34)36-13-19-8-6-5-7-9-19/h5-12,23-26,28,33H,13-14H2,1-4H3/t23-,24+,25+,26+,28-/m1/s1. The lowest BCUT2D eigenvalue weighted by molar-refractivity contribution is -0.288. The van der Waals surface area contributed by atoms with Crippen LogP contribution in [0.1, 0.15) is 43.6 Å². The van der Waals surface area contributed by atoms with Crippen molar-refractivity contribution in [1.82, 2.24) is 0 Å². The third-order valence-electron chi connectivity index (χ3n) is 5.60. The molecule has 0 aliphatic carbocycles. The van der Waals surface area contributed by atoms with E-state index < -0.39 is 72.9 Å². The van der Waals surface area contributed by atoms with Gasteiger partial charge in [-0.2, -0.15) is 0 Å². The molecule has 0 radical (unpaired) electrons. The van der Waals surface area contributed by atoms with Crippen LogP contribution in [0.25, 0.3) is 0 Å². The fourth-order valence-electron chi connectivity index (χ4n) is 3.96. The Labute approximate surface area is 235 Å². The Morgan fingerprint density at radius 2 is 1.37 bits per heavy atom. The molecule has 2 aromatic carbocycles.